The van der Waals surface area contributed by atoms with Gasteiger partial charge < -0.3 is 5.32 Å². The fraction of sp³-hybridized carbons (Fsp3) is 0.625. The molecule has 0 amide bonds. The van der Waals surface area contributed by atoms with Crippen LogP contribution in [-0.4, -0.2) is 17.5 Å². The molecule has 1 aliphatic rings. The maximum absolute atomic E-state index is 6.13. The molecule has 2 rings (SSSR count). The van der Waals surface area contributed by atoms with Crippen molar-refractivity contribution in [1.82, 2.24) is 5.32 Å². The molecule has 0 saturated heterocycles. The smallest absolute Gasteiger partial charge is 0.0595 e. The van der Waals surface area contributed by atoms with Crippen LogP contribution in [-0.2, 0) is 0 Å². The Morgan fingerprint density at radius 1 is 1.25 bits per heavy atom. The molecule has 0 radical (unpaired) electrons. The highest BCUT2D eigenvalue weighted by Gasteiger charge is 2.33. The van der Waals surface area contributed by atoms with Gasteiger partial charge >= 0.3 is 0 Å². The van der Waals surface area contributed by atoms with Gasteiger partial charge in [-0.05, 0) is 43.2 Å². The molecule has 1 unspecified atom stereocenters. The van der Waals surface area contributed by atoms with Crippen LogP contribution in [0.3, 0.4) is 0 Å². The molecular weight excluding hydrogens is 309 g/mol. The van der Waals surface area contributed by atoms with E-state index in [9.17, 15) is 0 Å². The fourth-order valence-corrected chi connectivity index (χ4v) is 4.24. The lowest BCUT2D eigenvalue weighted by Crippen LogP contribution is -2.37. The first-order valence-corrected chi connectivity index (χ1v) is 9.32. The van der Waals surface area contributed by atoms with Gasteiger partial charge in [-0.2, -0.15) is 11.8 Å². The zero-order chi connectivity index (χ0) is 14.6. The van der Waals surface area contributed by atoms with Gasteiger partial charge in [-0.1, -0.05) is 49.0 Å². The minimum atomic E-state index is 0.356. The zero-order valence-electron chi connectivity index (χ0n) is 12.2. The topological polar surface area (TPSA) is 12.0 Å². The van der Waals surface area contributed by atoms with Crippen LogP contribution in [0, 0.1) is 0 Å². The van der Waals surface area contributed by atoms with Crippen LogP contribution in [0.15, 0.2) is 18.2 Å². The van der Waals surface area contributed by atoms with Crippen molar-refractivity contribution in [1.29, 1.82) is 0 Å². The van der Waals surface area contributed by atoms with Gasteiger partial charge in [-0.15, -0.1) is 0 Å². The molecule has 1 fully saturated rings. The third kappa shape index (κ3) is 3.85. The zero-order valence-corrected chi connectivity index (χ0v) is 14.5. The Morgan fingerprint density at radius 3 is 2.50 bits per heavy atom. The van der Waals surface area contributed by atoms with Crippen molar-refractivity contribution in [2.24, 2.45) is 0 Å². The molecule has 1 saturated carbocycles. The van der Waals surface area contributed by atoms with E-state index in [2.05, 4.69) is 24.6 Å². The van der Waals surface area contributed by atoms with Crippen molar-refractivity contribution in [3.8, 4) is 0 Å². The molecule has 0 aliphatic heterocycles. The summed E-state index contributed by atoms with van der Waals surface area (Å²) in [7, 11) is 0. The van der Waals surface area contributed by atoms with Crippen molar-refractivity contribution in [2.45, 2.75) is 49.8 Å². The number of hydrogen-bond donors (Lipinski definition) is 1. The lowest BCUT2D eigenvalue weighted by Gasteiger charge is -2.30. The molecule has 0 spiro atoms. The Hall–Kier alpha value is 0.110. The highest BCUT2D eigenvalue weighted by Crippen LogP contribution is 2.40. The normalized spacial score (nSPS) is 19.2. The lowest BCUT2D eigenvalue weighted by molar-refractivity contribution is 0.458. The fourth-order valence-electron chi connectivity index (χ4n) is 3.01. The van der Waals surface area contributed by atoms with E-state index in [-0.39, 0.29) is 0 Å². The summed E-state index contributed by atoms with van der Waals surface area (Å²) in [5.41, 5.74) is 1.23. The molecule has 20 heavy (non-hydrogen) atoms. The second kappa shape index (κ2) is 7.40. The predicted octanol–water partition coefficient (Wildman–Crippen LogP) is 5.71. The number of thioether (sulfide) groups is 1. The first kappa shape index (κ1) is 16.5. The van der Waals surface area contributed by atoms with Gasteiger partial charge in [0.05, 0.1) is 10.0 Å². The Bertz CT molecular complexity index is 444. The Balaban J connectivity index is 2.03. The molecule has 1 nitrogen and oxygen atoms in total. The minimum Gasteiger partial charge on any atom is -0.309 e. The quantitative estimate of drug-likeness (QED) is 0.716. The lowest BCUT2D eigenvalue weighted by atomic mass is 10.0. The number of halogens is 2. The minimum absolute atomic E-state index is 0.356. The van der Waals surface area contributed by atoms with Gasteiger partial charge in [0, 0.05) is 17.3 Å². The summed E-state index contributed by atoms with van der Waals surface area (Å²) in [6, 6.07) is 6.32. The summed E-state index contributed by atoms with van der Waals surface area (Å²) in [5, 5.41) is 5.01. The van der Waals surface area contributed by atoms with Gasteiger partial charge in [-0.25, -0.2) is 0 Å². The Kier molecular flexibility index (Phi) is 6.09. The van der Waals surface area contributed by atoms with E-state index in [1.165, 1.54) is 31.2 Å². The van der Waals surface area contributed by atoms with E-state index in [0.29, 0.717) is 20.8 Å². The van der Waals surface area contributed by atoms with E-state index in [0.717, 1.165) is 13.0 Å². The van der Waals surface area contributed by atoms with Gasteiger partial charge in [0.1, 0.15) is 0 Å². The van der Waals surface area contributed by atoms with Crippen molar-refractivity contribution in [3.05, 3.63) is 33.8 Å². The summed E-state index contributed by atoms with van der Waals surface area (Å²) >= 11 is 14.2. The summed E-state index contributed by atoms with van der Waals surface area (Å²) in [6.07, 6.45) is 8.70. The number of nitrogens with one attached hydrogen (secondary N) is 1. The first-order valence-electron chi connectivity index (χ1n) is 7.34. The summed E-state index contributed by atoms with van der Waals surface area (Å²) in [4.78, 5) is 0. The van der Waals surface area contributed by atoms with Gasteiger partial charge in [0.25, 0.3) is 0 Å². The third-order valence-corrected chi connectivity index (χ3v) is 6.53. The van der Waals surface area contributed by atoms with Gasteiger partial charge in [-0.3, -0.25) is 0 Å². The molecule has 1 aromatic rings. The number of hydrogen-bond acceptors (Lipinski definition) is 2. The standard InChI is InChI=1S/C16H23Cl2NS/c1-3-15(12-6-7-13(17)14(18)10-12)19-11-16(20-2)8-4-5-9-16/h6-7,10,15,19H,3-5,8-9,11H2,1-2H3. The molecule has 1 N–H and O–H groups in total. The van der Waals surface area contributed by atoms with Crippen molar-refractivity contribution in [3.63, 3.8) is 0 Å². The van der Waals surface area contributed by atoms with Crippen LogP contribution in [0.5, 0.6) is 0 Å². The third-order valence-electron chi connectivity index (χ3n) is 4.37. The van der Waals surface area contributed by atoms with Crippen molar-refractivity contribution < 1.29 is 0 Å². The largest absolute Gasteiger partial charge is 0.309 e. The molecule has 0 heterocycles. The van der Waals surface area contributed by atoms with Crippen molar-refractivity contribution in [2.75, 3.05) is 12.8 Å². The molecule has 112 valence electrons. The van der Waals surface area contributed by atoms with Gasteiger partial charge in [0.15, 0.2) is 0 Å². The molecular formula is C16H23Cl2NS. The predicted molar refractivity (Wildman–Crippen MR) is 92.2 cm³/mol. The van der Waals surface area contributed by atoms with E-state index in [1.807, 2.05) is 23.9 Å². The summed E-state index contributed by atoms with van der Waals surface area (Å²) < 4.78 is 0.434. The molecule has 0 bridgehead atoms. The second-order valence-corrected chi connectivity index (χ2v) is 7.70. The molecule has 0 aromatic heterocycles. The molecule has 1 aliphatic carbocycles. The van der Waals surface area contributed by atoms with Crippen LogP contribution in [0.1, 0.15) is 50.6 Å². The maximum Gasteiger partial charge on any atom is 0.0595 e. The van der Waals surface area contributed by atoms with Crippen LogP contribution in [0.25, 0.3) is 0 Å². The highest BCUT2D eigenvalue weighted by molar-refractivity contribution is 8.00. The summed E-state index contributed by atoms with van der Waals surface area (Å²) in [6.45, 7) is 3.29. The molecule has 4 heteroatoms. The average molecular weight is 332 g/mol. The summed E-state index contributed by atoms with van der Waals surface area (Å²) in [5.74, 6) is 0. The highest BCUT2D eigenvalue weighted by atomic mass is 35.5. The van der Waals surface area contributed by atoms with E-state index in [4.69, 9.17) is 23.2 Å². The van der Waals surface area contributed by atoms with E-state index < -0.39 is 0 Å². The SMILES string of the molecule is CCC(NCC1(SC)CCCC1)c1ccc(Cl)c(Cl)c1. The van der Waals surface area contributed by atoms with E-state index >= 15 is 0 Å². The van der Waals surface area contributed by atoms with E-state index in [1.54, 1.807) is 0 Å². The second-order valence-electron chi connectivity index (χ2n) is 5.61. The average Bonchev–Trinajstić information content (AvgIpc) is 2.93. The van der Waals surface area contributed by atoms with Crippen LogP contribution >= 0.6 is 35.0 Å². The first-order chi connectivity index (χ1) is 9.60. The Morgan fingerprint density at radius 2 is 1.95 bits per heavy atom. The van der Waals surface area contributed by atoms with Gasteiger partial charge in [0.2, 0.25) is 0 Å². The Labute approximate surface area is 136 Å². The van der Waals surface area contributed by atoms with Crippen LogP contribution in [0.4, 0.5) is 0 Å². The van der Waals surface area contributed by atoms with Crippen LogP contribution < -0.4 is 5.32 Å². The maximum atomic E-state index is 6.13. The molecule has 1 aromatic carbocycles. The van der Waals surface area contributed by atoms with Crippen LogP contribution in [0.2, 0.25) is 10.0 Å². The van der Waals surface area contributed by atoms with Crippen molar-refractivity contribution >= 4 is 35.0 Å². The molecule has 1 atom stereocenters. The number of benzene rings is 1. The monoisotopic (exact) mass is 331 g/mol. The number of rotatable bonds is 6.